The number of rotatable bonds is 6. The molecule has 0 fully saturated rings. The zero-order valence-corrected chi connectivity index (χ0v) is 14.2. The highest BCUT2D eigenvalue weighted by atomic mass is 16.6. The van der Waals surface area contributed by atoms with E-state index in [0.29, 0.717) is 25.9 Å². The summed E-state index contributed by atoms with van der Waals surface area (Å²) in [6.45, 7) is 11.0. The standard InChI is InChI=1S/C18H25N3O2/c1-5-10-21(17(22)12-18(2,3)4)13-14-11-16(20-23-14)15-8-6-7-9-19-15/h5-9,14H,1,10-13H2,2-4H3/t14-/m1/s1. The summed E-state index contributed by atoms with van der Waals surface area (Å²) in [4.78, 5) is 24.0. The topological polar surface area (TPSA) is 54.8 Å². The second-order valence-corrected chi connectivity index (χ2v) is 7.01. The lowest BCUT2D eigenvalue weighted by atomic mass is 9.91. The van der Waals surface area contributed by atoms with Crippen molar-refractivity contribution in [3.63, 3.8) is 0 Å². The van der Waals surface area contributed by atoms with E-state index >= 15 is 0 Å². The molecule has 5 heteroatoms. The molecule has 2 rings (SSSR count). The Morgan fingerprint density at radius 1 is 1.48 bits per heavy atom. The molecular weight excluding hydrogens is 290 g/mol. The average molecular weight is 315 g/mol. The van der Waals surface area contributed by atoms with Crippen molar-refractivity contribution < 1.29 is 9.63 Å². The van der Waals surface area contributed by atoms with Crippen LogP contribution in [0.25, 0.3) is 0 Å². The Bertz CT molecular complexity index is 576. The average Bonchev–Trinajstić information content (AvgIpc) is 2.94. The van der Waals surface area contributed by atoms with Gasteiger partial charge in [0.25, 0.3) is 0 Å². The molecule has 1 amide bonds. The number of hydrogen-bond acceptors (Lipinski definition) is 4. The highest BCUT2D eigenvalue weighted by Gasteiger charge is 2.28. The number of carbonyl (C=O) groups is 1. The summed E-state index contributed by atoms with van der Waals surface area (Å²) in [5.74, 6) is 0.118. The van der Waals surface area contributed by atoms with E-state index in [4.69, 9.17) is 4.84 Å². The van der Waals surface area contributed by atoms with E-state index in [1.807, 2.05) is 18.2 Å². The number of hydrogen-bond donors (Lipinski definition) is 0. The molecular formula is C18H25N3O2. The predicted octanol–water partition coefficient (Wildman–Crippen LogP) is 3.03. The Morgan fingerprint density at radius 2 is 2.26 bits per heavy atom. The van der Waals surface area contributed by atoms with Crippen LogP contribution in [0.5, 0.6) is 0 Å². The predicted molar refractivity (Wildman–Crippen MR) is 91.1 cm³/mol. The number of pyridine rings is 1. The van der Waals surface area contributed by atoms with Gasteiger partial charge >= 0.3 is 0 Å². The summed E-state index contributed by atoms with van der Waals surface area (Å²) in [6, 6.07) is 5.71. The fourth-order valence-electron chi connectivity index (χ4n) is 2.46. The Morgan fingerprint density at radius 3 is 2.87 bits per heavy atom. The van der Waals surface area contributed by atoms with Gasteiger partial charge in [-0.1, -0.05) is 38.1 Å². The number of nitrogens with zero attached hydrogens (tertiary/aromatic N) is 3. The molecule has 0 bridgehead atoms. The van der Waals surface area contributed by atoms with E-state index in [1.54, 1.807) is 17.2 Å². The molecule has 124 valence electrons. The minimum Gasteiger partial charge on any atom is -0.390 e. The molecule has 0 aromatic carbocycles. The summed E-state index contributed by atoms with van der Waals surface area (Å²) in [7, 11) is 0. The SMILES string of the molecule is C=CCN(C[C@H]1CC(c2ccccn2)=NO1)C(=O)CC(C)(C)C. The van der Waals surface area contributed by atoms with Crippen LogP contribution in [0.2, 0.25) is 0 Å². The highest BCUT2D eigenvalue weighted by Crippen LogP contribution is 2.21. The first-order chi connectivity index (χ1) is 10.9. The fourth-order valence-corrected chi connectivity index (χ4v) is 2.46. The zero-order chi connectivity index (χ0) is 16.9. The Balaban J connectivity index is 1.95. The summed E-state index contributed by atoms with van der Waals surface area (Å²) in [6.07, 6.45) is 4.52. The van der Waals surface area contributed by atoms with Crippen molar-refractivity contribution in [1.82, 2.24) is 9.88 Å². The lowest BCUT2D eigenvalue weighted by Gasteiger charge is -2.27. The fraction of sp³-hybridized carbons (Fsp3) is 0.500. The van der Waals surface area contributed by atoms with Gasteiger partial charge in [-0.25, -0.2) is 0 Å². The number of oxime groups is 1. The van der Waals surface area contributed by atoms with Crippen molar-refractivity contribution in [1.29, 1.82) is 0 Å². The largest absolute Gasteiger partial charge is 0.390 e. The smallest absolute Gasteiger partial charge is 0.223 e. The third kappa shape index (κ3) is 5.20. The lowest BCUT2D eigenvalue weighted by Crippen LogP contribution is -2.39. The normalized spacial score (nSPS) is 17.3. The van der Waals surface area contributed by atoms with E-state index in [2.05, 4.69) is 37.5 Å². The van der Waals surface area contributed by atoms with Gasteiger partial charge in [-0.05, 0) is 17.5 Å². The van der Waals surface area contributed by atoms with E-state index in [1.165, 1.54) is 0 Å². The summed E-state index contributed by atoms with van der Waals surface area (Å²) in [5, 5.41) is 4.12. The molecule has 0 unspecified atom stereocenters. The molecule has 0 saturated carbocycles. The lowest BCUT2D eigenvalue weighted by molar-refractivity contribution is -0.134. The van der Waals surface area contributed by atoms with Crippen LogP contribution in [0.3, 0.4) is 0 Å². The van der Waals surface area contributed by atoms with E-state index < -0.39 is 0 Å². The first-order valence-electron chi connectivity index (χ1n) is 7.92. The van der Waals surface area contributed by atoms with Gasteiger partial charge in [-0.15, -0.1) is 6.58 Å². The Labute approximate surface area is 138 Å². The van der Waals surface area contributed by atoms with Crippen molar-refractivity contribution in [2.24, 2.45) is 10.6 Å². The molecule has 1 aromatic rings. The molecule has 1 aliphatic heterocycles. The van der Waals surface area contributed by atoms with Gasteiger partial charge in [0.2, 0.25) is 5.91 Å². The molecule has 0 radical (unpaired) electrons. The van der Waals surface area contributed by atoms with Crippen LogP contribution in [-0.4, -0.2) is 40.7 Å². The minimum atomic E-state index is -0.129. The van der Waals surface area contributed by atoms with Gasteiger partial charge in [0.05, 0.1) is 12.2 Å². The van der Waals surface area contributed by atoms with Crippen LogP contribution in [-0.2, 0) is 9.63 Å². The second-order valence-electron chi connectivity index (χ2n) is 7.01. The van der Waals surface area contributed by atoms with Gasteiger partial charge < -0.3 is 9.74 Å². The third-order valence-corrected chi connectivity index (χ3v) is 3.50. The Kier molecular flexibility index (Phi) is 5.53. The van der Waals surface area contributed by atoms with Crippen molar-refractivity contribution in [3.8, 4) is 0 Å². The molecule has 1 atom stereocenters. The molecule has 1 aromatic heterocycles. The van der Waals surface area contributed by atoms with Crippen LogP contribution in [0, 0.1) is 5.41 Å². The molecule has 1 aliphatic rings. The molecule has 0 N–H and O–H groups in total. The van der Waals surface area contributed by atoms with Gasteiger partial charge in [0.15, 0.2) is 6.10 Å². The van der Waals surface area contributed by atoms with Crippen molar-refractivity contribution in [2.45, 2.75) is 39.7 Å². The van der Waals surface area contributed by atoms with Crippen LogP contribution in [0.1, 0.15) is 39.3 Å². The van der Waals surface area contributed by atoms with Crippen LogP contribution < -0.4 is 0 Å². The van der Waals surface area contributed by atoms with Gasteiger partial charge in [0.1, 0.15) is 5.71 Å². The molecule has 2 heterocycles. The quantitative estimate of drug-likeness (QED) is 0.758. The number of carbonyl (C=O) groups excluding carboxylic acids is 1. The number of amides is 1. The molecule has 5 nitrogen and oxygen atoms in total. The van der Waals surface area contributed by atoms with Crippen LogP contribution >= 0.6 is 0 Å². The third-order valence-electron chi connectivity index (χ3n) is 3.50. The first kappa shape index (κ1) is 17.2. The van der Waals surface area contributed by atoms with Crippen molar-refractivity contribution in [2.75, 3.05) is 13.1 Å². The van der Waals surface area contributed by atoms with Gasteiger partial charge in [0, 0.05) is 25.6 Å². The molecule has 0 aliphatic carbocycles. The number of aromatic nitrogens is 1. The maximum Gasteiger partial charge on any atom is 0.223 e. The molecule has 23 heavy (non-hydrogen) atoms. The summed E-state index contributed by atoms with van der Waals surface area (Å²) < 4.78 is 0. The monoisotopic (exact) mass is 315 g/mol. The Hall–Kier alpha value is -2.17. The maximum absolute atomic E-state index is 12.5. The van der Waals surface area contributed by atoms with Crippen molar-refractivity contribution in [3.05, 3.63) is 42.7 Å². The highest BCUT2D eigenvalue weighted by molar-refractivity contribution is 5.99. The zero-order valence-electron chi connectivity index (χ0n) is 14.2. The second kappa shape index (κ2) is 7.40. The van der Waals surface area contributed by atoms with Crippen molar-refractivity contribution >= 4 is 11.6 Å². The van der Waals surface area contributed by atoms with Crippen LogP contribution in [0.15, 0.2) is 42.2 Å². The summed E-state index contributed by atoms with van der Waals surface area (Å²) >= 11 is 0. The van der Waals surface area contributed by atoms with E-state index in [9.17, 15) is 4.79 Å². The molecule has 0 spiro atoms. The van der Waals surface area contributed by atoms with Gasteiger partial charge in [-0.2, -0.15) is 0 Å². The first-order valence-corrected chi connectivity index (χ1v) is 7.92. The van der Waals surface area contributed by atoms with Gasteiger partial charge in [-0.3, -0.25) is 9.78 Å². The van der Waals surface area contributed by atoms with Crippen LogP contribution in [0.4, 0.5) is 0 Å². The minimum absolute atomic E-state index is 0.0390. The molecule has 0 saturated heterocycles. The summed E-state index contributed by atoms with van der Waals surface area (Å²) in [5.41, 5.74) is 1.62. The maximum atomic E-state index is 12.5. The van der Waals surface area contributed by atoms with E-state index in [0.717, 1.165) is 11.4 Å². The van der Waals surface area contributed by atoms with E-state index in [-0.39, 0.29) is 17.4 Å².